The van der Waals surface area contributed by atoms with Gasteiger partial charge in [-0.15, -0.1) is 0 Å². The highest BCUT2D eigenvalue weighted by Gasteiger charge is 2.14. The third-order valence-corrected chi connectivity index (χ3v) is 3.28. The van der Waals surface area contributed by atoms with Crippen molar-refractivity contribution in [3.05, 3.63) is 46.0 Å². The van der Waals surface area contributed by atoms with Gasteiger partial charge in [-0.25, -0.2) is 9.67 Å². The highest BCUT2D eigenvalue weighted by atomic mass is 79.9. The Hall–Kier alpha value is -1.49. The average Bonchev–Trinajstić information content (AvgIpc) is 2.75. The predicted molar refractivity (Wildman–Crippen MR) is 77.3 cm³/mol. The first-order chi connectivity index (χ1) is 8.97. The molecular formula is C14H16BrN3O. The van der Waals surface area contributed by atoms with E-state index in [1.165, 1.54) is 6.33 Å². The van der Waals surface area contributed by atoms with Crippen LogP contribution in [0.4, 0.5) is 0 Å². The number of aromatic nitrogens is 3. The van der Waals surface area contributed by atoms with Gasteiger partial charge in [-0.1, -0.05) is 15.9 Å². The van der Waals surface area contributed by atoms with E-state index in [1.54, 1.807) is 4.68 Å². The Balaban J connectivity index is 2.23. The van der Waals surface area contributed by atoms with Gasteiger partial charge in [0.15, 0.2) is 5.78 Å². The van der Waals surface area contributed by atoms with Crippen molar-refractivity contribution in [2.45, 2.75) is 33.2 Å². The fraction of sp³-hybridized carbons (Fsp3) is 0.357. The third-order valence-electron chi connectivity index (χ3n) is 2.82. The third kappa shape index (κ3) is 3.29. The topological polar surface area (TPSA) is 47.8 Å². The van der Waals surface area contributed by atoms with E-state index in [0.717, 1.165) is 10.0 Å². The van der Waals surface area contributed by atoms with Gasteiger partial charge in [-0.05, 0) is 44.5 Å². The molecule has 4 nitrogen and oxygen atoms in total. The number of ketones is 1. The Bertz CT molecular complexity index is 584. The minimum Gasteiger partial charge on any atom is -0.294 e. The number of Topliss-reactive ketones (excluding diaryl/α,β-unsaturated/α-hetero) is 1. The molecule has 0 saturated heterocycles. The molecule has 0 amide bonds. The molecule has 0 N–H and O–H groups in total. The quantitative estimate of drug-likeness (QED) is 0.811. The van der Waals surface area contributed by atoms with Gasteiger partial charge in [0, 0.05) is 16.1 Å². The van der Waals surface area contributed by atoms with E-state index in [-0.39, 0.29) is 18.2 Å². The van der Waals surface area contributed by atoms with Gasteiger partial charge in [0.25, 0.3) is 0 Å². The SMILES string of the molecule is Cc1cc(Br)cc(C(=O)Cc2ncnn2C(C)C)c1. The van der Waals surface area contributed by atoms with Gasteiger partial charge in [-0.2, -0.15) is 5.10 Å². The fourth-order valence-electron chi connectivity index (χ4n) is 1.97. The highest BCUT2D eigenvalue weighted by Crippen LogP contribution is 2.17. The zero-order valence-electron chi connectivity index (χ0n) is 11.2. The van der Waals surface area contributed by atoms with Crippen LogP contribution < -0.4 is 0 Å². The molecule has 0 aliphatic heterocycles. The summed E-state index contributed by atoms with van der Waals surface area (Å²) in [5.74, 6) is 0.761. The lowest BCUT2D eigenvalue weighted by molar-refractivity contribution is 0.0989. The molecule has 0 aliphatic rings. The number of hydrogen-bond acceptors (Lipinski definition) is 3. The van der Waals surface area contributed by atoms with Crippen LogP contribution in [0.5, 0.6) is 0 Å². The maximum Gasteiger partial charge on any atom is 0.170 e. The molecule has 0 saturated carbocycles. The molecule has 0 spiro atoms. The first-order valence-electron chi connectivity index (χ1n) is 6.16. The molecule has 1 aromatic heterocycles. The monoisotopic (exact) mass is 321 g/mol. The lowest BCUT2D eigenvalue weighted by Crippen LogP contribution is -2.13. The smallest absolute Gasteiger partial charge is 0.170 e. The summed E-state index contributed by atoms with van der Waals surface area (Å²) in [5.41, 5.74) is 1.76. The van der Waals surface area contributed by atoms with Crippen LogP contribution in [-0.4, -0.2) is 20.5 Å². The van der Waals surface area contributed by atoms with Crippen LogP contribution in [0.1, 0.15) is 41.6 Å². The van der Waals surface area contributed by atoms with E-state index in [4.69, 9.17) is 0 Å². The van der Waals surface area contributed by atoms with Gasteiger partial charge in [-0.3, -0.25) is 4.79 Å². The normalized spacial score (nSPS) is 11.0. The van der Waals surface area contributed by atoms with Crippen molar-refractivity contribution in [3.8, 4) is 0 Å². The Labute approximate surface area is 121 Å². The molecule has 5 heteroatoms. The summed E-state index contributed by atoms with van der Waals surface area (Å²) in [6.07, 6.45) is 1.77. The van der Waals surface area contributed by atoms with E-state index in [1.807, 2.05) is 39.0 Å². The molecular weight excluding hydrogens is 306 g/mol. The van der Waals surface area contributed by atoms with Gasteiger partial charge >= 0.3 is 0 Å². The zero-order valence-corrected chi connectivity index (χ0v) is 12.8. The summed E-state index contributed by atoms with van der Waals surface area (Å²) in [7, 11) is 0. The summed E-state index contributed by atoms with van der Waals surface area (Å²) in [6, 6.07) is 5.91. The Morgan fingerprint density at radius 3 is 2.74 bits per heavy atom. The number of halogens is 1. The molecule has 1 aromatic carbocycles. The van der Waals surface area contributed by atoms with Crippen LogP contribution in [0.15, 0.2) is 29.0 Å². The lowest BCUT2D eigenvalue weighted by Gasteiger charge is -2.09. The lowest BCUT2D eigenvalue weighted by atomic mass is 10.1. The van der Waals surface area contributed by atoms with E-state index in [2.05, 4.69) is 26.0 Å². The summed E-state index contributed by atoms with van der Waals surface area (Å²) >= 11 is 3.41. The highest BCUT2D eigenvalue weighted by molar-refractivity contribution is 9.10. The van der Waals surface area contributed by atoms with Crippen molar-refractivity contribution < 1.29 is 4.79 Å². The second kappa shape index (κ2) is 5.65. The number of aryl methyl sites for hydroxylation is 1. The largest absolute Gasteiger partial charge is 0.294 e. The summed E-state index contributed by atoms with van der Waals surface area (Å²) in [5, 5.41) is 4.14. The standard InChI is InChI=1S/C14H16BrN3O/c1-9(2)18-14(16-8-17-18)7-13(19)11-4-10(3)5-12(15)6-11/h4-6,8-9H,7H2,1-3H3. The number of rotatable bonds is 4. The van der Waals surface area contributed by atoms with Crippen molar-refractivity contribution in [2.75, 3.05) is 0 Å². The van der Waals surface area contributed by atoms with Crippen molar-refractivity contribution in [1.29, 1.82) is 0 Å². The van der Waals surface area contributed by atoms with E-state index in [9.17, 15) is 4.79 Å². The van der Waals surface area contributed by atoms with Crippen LogP contribution in [0, 0.1) is 6.92 Å². The molecule has 2 rings (SSSR count). The van der Waals surface area contributed by atoms with Gasteiger partial charge in [0.1, 0.15) is 12.2 Å². The fourth-order valence-corrected chi connectivity index (χ4v) is 2.58. The number of carbonyl (C=O) groups is 1. The molecule has 1 heterocycles. The summed E-state index contributed by atoms with van der Waals surface area (Å²) in [6.45, 7) is 6.01. The molecule has 0 aliphatic carbocycles. The first kappa shape index (κ1) is 13.9. The molecule has 0 bridgehead atoms. The van der Waals surface area contributed by atoms with E-state index >= 15 is 0 Å². The first-order valence-corrected chi connectivity index (χ1v) is 6.95. The molecule has 0 radical (unpaired) electrons. The van der Waals surface area contributed by atoms with E-state index < -0.39 is 0 Å². The average molecular weight is 322 g/mol. The molecule has 100 valence electrons. The minimum absolute atomic E-state index is 0.0549. The van der Waals surface area contributed by atoms with Gasteiger partial charge < -0.3 is 0 Å². The Morgan fingerprint density at radius 1 is 1.37 bits per heavy atom. The van der Waals surface area contributed by atoms with Crippen molar-refractivity contribution in [3.63, 3.8) is 0 Å². The number of nitrogens with zero attached hydrogens (tertiary/aromatic N) is 3. The molecule has 0 atom stereocenters. The zero-order chi connectivity index (χ0) is 14.0. The number of carbonyl (C=O) groups excluding carboxylic acids is 1. The molecule has 2 aromatic rings. The minimum atomic E-state index is 0.0549. The van der Waals surface area contributed by atoms with Crippen LogP contribution in [0.25, 0.3) is 0 Å². The maximum absolute atomic E-state index is 12.3. The Morgan fingerprint density at radius 2 is 2.11 bits per heavy atom. The maximum atomic E-state index is 12.3. The molecule has 0 unspecified atom stereocenters. The van der Waals surface area contributed by atoms with E-state index in [0.29, 0.717) is 11.4 Å². The summed E-state index contributed by atoms with van der Waals surface area (Å²) < 4.78 is 2.70. The predicted octanol–water partition coefficient (Wildman–Crippen LogP) is 3.36. The number of hydrogen-bond donors (Lipinski definition) is 0. The molecule has 19 heavy (non-hydrogen) atoms. The van der Waals surface area contributed by atoms with Gasteiger partial charge in [0.05, 0.1) is 6.42 Å². The van der Waals surface area contributed by atoms with Crippen LogP contribution in [0.3, 0.4) is 0 Å². The number of benzene rings is 1. The Kier molecular flexibility index (Phi) is 4.14. The van der Waals surface area contributed by atoms with Crippen LogP contribution >= 0.6 is 15.9 Å². The van der Waals surface area contributed by atoms with Crippen molar-refractivity contribution in [1.82, 2.24) is 14.8 Å². The van der Waals surface area contributed by atoms with Crippen LogP contribution in [0.2, 0.25) is 0 Å². The van der Waals surface area contributed by atoms with Crippen molar-refractivity contribution in [2.24, 2.45) is 0 Å². The summed E-state index contributed by atoms with van der Waals surface area (Å²) in [4.78, 5) is 16.5. The van der Waals surface area contributed by atoms with Crippen LogP contribution in [-0.2, 0) is 6.42 Å². The molecule has 0 fully saturated rings. The van der Waals surface area contributed by atoms with Crippen molar-refractivity contribution >= 4 is 21.7 Å². The second-order valence-corrected chi connectivity index (χ2v) is 5.75. The second-order valence-electron chi connectivity index (χ2n) is 4.83. The van der Waals surface area contributed by atoms with Gasteiger partial charge in [0.2, 0.25) is 0 Å².